The number of carbonyl (C=O) groups excluding carboxylic acids is 1. The summed E-state index contributed by atoms with van der Waals surface area (Å²) < 4.78 is 16.4. The van der Waals surface area contributed by atoms with E-state index in [-0.39, 0.29) is 5.97 Å². The van der Waals surface area contributed by atoms with Crippen LogP contribution in [0.4, 0.5) is 0 Å². The molecule has 0 radical (unpaired) electrons. The molecule has 0 spiro atoms. The highest BCUT2D eigenvalue weighted by molar-refractivity contribution is 5.93. The highest BCUT2D eigenvalue weighted by Crippen LogP contribution is 2.34. The first-order valence-electron chi connectivity index (χ1n) is 7.05. The summed E-state index contributed by atoms with van der Waals surface area (Å²) >= 11 is 0. The molecular weight excluding hydrogens is 256 g/mol. The molecule has 0 fully saturated rings. The maximum Gasteiger partial charge on any atom is 0.342 e. The van der Waals surface area contributed by atoms with Gasteiger partial charge in [-0.15, -0.1) is 0 Å². The van der Waals surface area contributed by atoms with Crippen LogP contribution >= 0.6 is 0 Å². The third-order valence-electron chi connectivity index (χ3n) is 3.61. The lowest BCUT2D eigenvalue weighted by molar-refractivity contribution is 0.0423. The number of fused-ring (bicyclic) bond motifs is 1. The van der Waals surface area contributed by atoms with Crippen LogP contribution in [-0.2, 0) is 4.74 Å². The first kappa shape index (κ1) is 13.0. The van der Waals surface area contributed by atoms with Crippen molar-refractivity contribution in [1.29, 1.82) is 0 Å². The van der Waals surface area contributed by atoms with Gasteiger partial charge in [-0.2, -0.15) is 0 Å². The molecular formula is C16H18O4. The van der Waals surface area contributed by atoms with E-state index in [2.05, 4.69) is 12.2 Å². The summed E-state index contributed by atoms with van der Waals surface area (Å²) in [6, 6.07) is 5.31. The lowest BCUT2D eigenvalue weighted by Crippen LogP contribution is -2.20. The molecule has 1 heterocycles. The van der Waals surface area contributed by atoms with Gasteiger partial charge in [-0.1, -0.05) is 18.2 Å². The lowest BCUT2D eigenvalue weighted by Gasteiger charge is -2.21. The van der Waals surface area contributed by atoms with Crippen LogP contribution in [0, 0.1) is 5.92 Å². The van der Waals surface area contributed by atoms with Gasteiger partial charge in [0.05, 0.1) is 6.61 Å². The third-order valence-corrected chi connectivity index (χ3v) is 3.61. The Hall–Kier alpha value is -1.97. The molecule has 1 unspecified atom stereocenters. The Bertz CT molecular complexity index is 521. The zero-order chi connectivity index (χ0) is 13.8. The van der Waals surface area contributed by atoms with Crippen molar-refractivity contribution in [2.24, 2.45) is 5.92 Å². The highest BCUT2D eigenvalue weighted by Gasteiger charge is 2.22. The minimum absolute atomic E-state index is 0.332. The predicted octanol–water partition coefficient (Wildman–Crippen LogP) is 2.97. The molecule has 20 heavy (non-hydrogen) atoms. The van der Waals surface area contributed by atoms with E-state index in [0.717, 1.165) is 19.3 Å². The van der Waals surface area contributed by atoms with Gasteiger partial charge in [0.25, 0.3) is 0 Å². The second-order valence-corrected chi connectivity index (χ2v) is 5.08. The average molecular weight is 274 g/mol. The van der Waals surface area contributed by atoms with Gasteiger partial charge in [-0.05, 0) is 37.3 Å². The highest BCUT2D eigenvalue weighted by atomic mass is 16.6. The van der Waals surface area contributed by atoms with Gasteiger partial charge in [-0.3, -0.25) is 0 Å². The van der Waals surface area contributed by atoms with E-state index in [4.69, 9.17) is 14.2 Å². The summed E-state index contributed by atoms with van der Waals surface area (Å²) in [5.41, 5.74) is 0.452. The van der Waals surface area contributed by atoms with Crippen molar-refractivity contribution >= 4 is 5.97 Å². The fourth-order valence-corrected chi connectivity index (χ4v) is 2.51. The number of carbonyl (C=O) groups is 1. The van der Waals surface area contributed by atoms with Crippen LogP contribution < -0.4 is 9.47 Å². The van der Waals surface area contributed by atoms with Crippen molar-refractivity contribution in [2.75, 3.05) is 19.8 Å². The summed E-state index contributed by atoms with van der Waals surface area (Å²) in [6.07, 6.45) is 7.47. The van der Waals surface area contributed by atoms with Gasteiger partial charge in [0.2, 0.25) is 0 Å². The fraction of sp³-hybridized carbons (Fsp3) is 0.438. The van der Waals surface area contributed by atoms with E-state index >= 15 is 0 Å². The normalized spacial score (nSPS) is 20.5. The quantitative estimate of drug-likeness (QED) is 0.628. The van der Waals surface area contributed by atoms with Gasteiger partial charge in [0.15, 0.2) is 11.5 Å². The second-order valence-electron chi connectivity index (χ2n) is 5.08. The number of hydrogen-bond acceptors (Lipinski definition) is 4. The summed E-state index contributed by atoms with van der Waals surface area (Å²) in [4.78, 5) is 12.2. The number of rotatable bonds is 3. The molecule has 106 valence electrons. The predicted molar refractivity (Wildman–Crippen MR) is 74.2 cm³/mol. The molecule has 0 amide bonds. The largest absolute Gasteiger partial charge is 0.486 e. The Labute approximate surface area is 118 Å². The standard InChI is InChI=1S/C16H18O4/c17-16(20-11-12-5-2-1-3-6-12)13-7-4-8-14-15(13)19-10-9-18-14/h1-2,4,7-8,12H,3,5-6,9-11H2. The number of hydrogen-bond donors (Lipinski definition) is 0. The van der Waals surface area contributed by atoms with Crippen molar-refractivity contribution in [3.63, 3.8) is 0 Å². The monoisotopic (exact) mass is 274 g/mol. The molecule has 3 rings (SSSR count). The van der Waals surface area contributed by atoms with Crippen molar-refractivity contribution in [1.82, 2.24) is 0 Å². The molecule has 0 N–H and O–H groups in total. The number of esters is 1. The van der Waals surface area contributed by atoms with Crippen molar-refractivity contribution in [2.45, 2.75) is 19.3 Å². The Morgan fingerprint density at radius 1 is 1.25 bits per heavy atom. The van der Waals surface area contributed by atoms with E-state index in [1.54, 1.807) is 18.2 Å². The van der Waals surface area contributed by atoms with Crippen molar-refractivity contribution in [3.05, 3.63) is 35.9 Å². The van der Waals surface area contributed by atoms with Gasteiger partial charge >= 0.3 is 5.97 Å². The minimum atomic E-state index is -0.332. The SMILES string of the molecule is O=C(OCC1CC=CCC1)c1cccc2c1OCCO2. The Morgan fingerprint density at radius 2 is 2.15 bits per heavy atom. The molecule has 1 aliphatic heterocycles. The number of para-hydroxylation sites is 1. The molecule has 1 atom stereocenters. The topological polar surface area (TPSA) is 44.8 Å². The molecule has 1 aromatic rings. The van der Waals surface area contributed by atoms with Crippen LogP contribution in [0.3, 0.4) is 0 Å². The molecule has 0 bridgehead atoms. The molecule has 0 saturated carbocycles. The summed E-state index contributed by atoms with van der Waals surface area (Å²) in [5, 5.41) is 0. The van der Waals surface area contributed by atoms with E-state index in [1.807, 2.05) is 0 Å². The van der Waals surface area contributed by atoms with Gasteiger partial charge in [0, 0.05) is 0 Å². The molecule has 0 saturated heterocycles. The van der Waals surface area contributed by atoms with Crippen LogP contribution in [0.25, 0.3) is 0 Å². The Balaban J connectivity index is 1.66. The molecule has 1 aliphatic carbocycles. The third kappa shape index (κ3) is 2.79. The van der Waals surface area contributed by atoms with Crippen LogP contribution in [0.15, 0.2) is 30.4 Å². The van der Waals surface area contributed by atoms with Crippen LogP contribution in [0.5, 0.6) is 11.5 Å². The molecule has 2 aliphatic rings. The molecule has 4 nitrogen and oxygen atoms in total. The van der Waals surface area contributed by atoms with Crippen LogP contribution in [-0.4, -0.2) is 25.8 Å². The average Bonchev–Trinajstić information content (AvgIpc) is 2.53. The smallest absolute Gasteiger partial charge is 0.342 e. The maximum atomic E-state index is 12.2. The maximum absolute atomic E-state index is 12.2. The number of ether oxygens (including phenoxy) is 3. The van der Waals surface area contributed by atoms with Crippen molar-refractivity contribution < 1.29 is 19.0 Å². The summed E-state index contributed by atoms with van der Waals surface area (Å²) in [7, 11) is 0. The first-order valence-corrected chi connectivity index (χ1v) is 7.05. The van der Waals surface area contributed by atoms with Gasteiger partial charge in [0.1, 0.15) is 18.8 Å². The van der Waals surface area contributed by atoms with Crippen LogP contribution in [0.2, 0.25) is 0 Å². The van der Waals surface area contributed by atoms with Gasteiger partial charge < -0.3 is 14.2 Å². The summed E-state index contributed by atoms with van der Waals surface area (Å²) in [5.74, 6) is 1.22. The number of allylic oxidation sites excluding steroid dienone is 2. The van der Waals surface area contributed by atoms with Crippen LogP contribution in [0.1, 0.15) is 29.6 Å². The zero-order valence-corrected chi connectivity index (χ0v) is 11.3. The van der Waals surface area contributed by atoms with E-state index in [0.29, 0.717) is 42.8 Å². The lowest BCUT2D eigenvalue weighted by atomic mass is 9.95. The van der Waals surface area contributed by atoms with Gasteiger partial charge in [-0.25, -0.2) is 4.79 Å². The minimum Gasteiger partial charge on any atom is -0.486 e. The first-order chi connectivity index (χ1) is 9.84. The Morgan fingerprint density at radius 3 is 3.00 bits per heavy atom. The summed E-state index contributed by atoms with van der Waals surface area (Å²) in [6.45, 7) is 1.44. The molecule has 0 aromatic heterocycles. The molecule has 4 heteroatoms. The second kappa shape index (κ2) is 5.99. The van der Waals surface area contributed by atoms with E-state index in [1.165, 1.54) is 0 Å². The van der Waals surface area contributed by atoms with E-state index < -0.39 is 0 Å². The Kier molecular flexibility index (Phi) is 3.90. The van der Waals surface area contributed by atoms with Crippen molar-refractivity contribution in [3.8, 4) is 11.5 Å². The van der Waals surface area contributed by atoms with E-state index in [9.17, 15) is 4.79 Å². The molecule has 1 aromatic carbocycles. The zero-order valence-electron chi connectivity index (χ0n) is 11.3. The fourth-order valence-electron chi connectivity index (χ4n) is 2.51. The number of benzene rings is 1.